The summed E-state index contributed by atoms with van der Waals surface area (Å²) in [5, 5.41) is 4.76. The standard InChI is InChI=1S/C15H20N2OS/c1-11(16-8-6-12-7-9-18-10-12)15-17-13-4-2-3-5-14(13)19-15/h2-5,11-12,16H,6-10H2,1H3. The minimum absolute atomic E-state index is 0.333. The summed E-state index contributed by atoms with van der Waals surface area (Å²) in [4.78, 5) is 4.69. The summed E-state index contributed by atoms with van der Waals surface area (Å²) in [5.41, 5.74) is 1.11. The Balaban J connectivity index is 1.55. The van der Waals surface area contributed by atoms with Crippen LogP contribution in [0.5, 0.6) is 0 Å². The molecule has 1 N–H and O–H groups in total. The van der Waals surface area contributed by atoms with Gasteiger partial charge in [-0.15, -0.1) is 11.3 Å². The summed E-state index contributed by atoms with van der Waals surface area (Å²) < 4.78 is 6.67. The predicted molar refractivity (Wildman–Crippen MR) is 79.6 cm³/mol. The highest BCUT2D eigenvalue weighted by Gasteiger charge is 2.16. The zero-order chi connectivity index (χ0) is 13.1. The lowest BCUT2D eigenvalue weighted by atomic mass is 10.1. The number of nitrogens with zero attached hydrogens (tertiary/aromatic N) is 1. The van der Waals surface area contributed by atoms with Crippen LogP contribution in [0.4, 0.5) is 0 Å². The Bertz CT molecular complexity index is 501. The Kier molecular flexibility index (Phi) is 4.11. The number of thiazole rings is 1. The van der Waals surface area contributed by atoms with Crippen LogP contribution < -0.4 is 5.32 Å². The molecule has 19 heavy (non-hydrogen) atoms. The van der Waals surface area contributed by atoms with E-state index in [2.05, 4.69) is 30.4 Å². The lowest BCUT2D eigenvalue weighted by molar-refractivity contribution is 0.184. The van der Waals surface area contributed by atoms with Crippen LogP contribution in [-0.4, -0.2) is 24.7 Å². The number of benzene rings is 1. The van der Waals surface area contributed by atoms with Crippen LogP contribution in [-0.2, 0) is 4.74 Å². The number of fused-ring (bicyclic) bond motifs is 1. The van der Waals surface area contributed by atoms with E-state index in [1.807, 2.05) is 6.07 Å². The molecule has 0 aliphatic carbocycles. The number of para-hydroxylation sites is 1. The molecule has 1 fully saturated rings. The molecule has 1 aromatic carbocycles. The van der Waals surface area contributed by atoms with Crippen molar-refractivity contribution in [3.8, 4) is 0 Å². The van der Waals surface area contributed by atoms with Crippen molar-refractivity contribution in [1.29, 1.82) is 0 Å². The highest BCUT2D eigenvalue weighted by Crippen LogP contribution is 2.26. The molecule has 0 spiro atoms. The Labute approximate surface area is 118 Å². The van der Waals surface area contributed by atoms with E-state index < -0.39 is 0 Å². The first-order valence-corrected chi connectivity index (χ1v) is 7.81. The normalized spacial score (nSPS) is 21.0. The molecule has 4 heteroatoms. The average molecular weight is 276 g/mol. The van der Waals surface area contributed by atoms with Gasteiger partial charge < -0.3 is 10.1 Å². The van der Waals surface area contributed by atoms with Crippen molar-refractivity contribution in [2.45, 2.75) is 25.8 Å². The largest absolute Gasteiger partial charge is 0.381 e. The molecule has 0 amide bonds. The summed E-state index contributed by atoms with van der Waals surface area (Å²) in [6, 6.07) is 8.67. The highest BCUT2D eigenvalue weighted by atomic mass is 32.1. The first-order chi connectivity index (χ1) is 9.33. The third-order valence-corrected chi connectivity index (χ3v) is 4.93. The first kappa shape index (κ1) is 13.0. The van der Waals surface area contributed by atoms with Gasteiger partial charge in [0.05, 0.1) is 16.3 Å². The molecule has 2 atom stereocenters. The Hall–Kier alpha value is -0.970. The number of ether oxygens (including phenoxy) is 1. The van der Waals surface area contributed by atoms with Crippen molar-refractivity contribution in [3.63, 3.8) is 0 Å². The van der Waals surface area contributed by atoms with Gasteiger partial charge in [0, 0.05) is 13.2 Å². The molecule has 102 valence electrons. The van der Waals surface area contributed by atoms with E-state index in [-0.39, 0.29) is 0 Å². The van der Waals surface area contributed by atoms with E-state index in [4.69, 9.17) is 9.72 Å². The van der Waals surface area contributed by atoms with Crippen molar-refractivity contribution in [2.75, 3.05) is 19.8 Å². The molecule has 1 saturated heterocycles. The van der Waals surface area contributed by atoms with Crippen LogP contribution in [0.15, 0.2) is 24.3 Å². The summed E-state index contributed by atoms with van der Waals surface area (Å²) in [5.74, 6) is 0.745. The monoisotopic (exact) mass is 276 g/mol. The molecule has 1 aliphatic heterocycles. The number of hydrogen-bond acceptors (Lipinski definition) is 4. The summed E-state index contributed by atoms with van der Waals surface area (Å²) in [6.45, 7) is 5.13. The van der Waals surface area contributed by atoms with Gasteiger partial charge in [0.1, 0.15) is 5.01 Å². The molecular formula is C15H20N2OS. The number of rotatable bonds is 5. The van der Waals surface area contributed by atoms with Gasteiger partial charge in [-0.25, -0.2) is 4.98 Å². The van der Waals surface area contributed by atoms with Gasteiger partial charge >= 0.3 is 0 Å². The van der Waals surface area contributed by atoms with E-state index in [1.54, 1.807) is 11.3 Å². The van der Waals surface area contributed by atoms with Gasteiger partial charge in [-0.3, -0.25) is 0 Å². The molecular weight excluding hydrogens is 256 g/mol. The fourth-order valence-electron chi connectivity index (χ4n) is 2.48. The molecule has 0 saturated carbocycles. The SMILES string of the molecule is CC(NCCC1CCOC1)c1nc2ccccc2s1. The van der Waals surface area contributed by atoms with Crippen molar-refractivity contribution in [2.24, 2.45) is 5.92 Å². The van der Waals surface area contributed by atoms with Gasteiger partial charge in [0.25, 0.3) is 0 Å². The molecule has 1 aliphatic rings. The van der Waals surface area contributed by atoms with Crippen molar-refractivity contribution < 1.29 is 4.74 Å². The lowest BCUT2D eigenvalue weighted by Gasteiger charge is -2.13. The average Bonchev–Trinajstić information content (AvgIpc) is 3.07. The number of hydrogen-bond donors (Lipinski definition) is 1. The maximum atomic E-state index is 5.40. The van der Waals surface area contributed by atoms with Gasteiger partial charge in [0.15, 0.2) is 0 Å². The van der Waals surface area contributed by atoms with Crippen molar-refractivity contribution in [3.05, 3.63) is 29.3 Å². The first-order valence-electron chi connectivity index (χ1n) is 6.99. The van der Waals surface area contributed by atoms with Crippen LogP contribution in [0.2, 0.25) is 0 Å². The zero-order valence-electron chi connectivity index (χ0n) is 11.3. The van der Waals surface area contributed by atoms with Gasteiger partial charge in [0.2, 0.25) is 0 Å². The number of nitrogens with one attached hydrogen (secondary N) is 1. The van der Waals surface area contributed by atoms with E-state index in [1.165, 1.54) is 22.5 Å². The van der Waals surface area contributed by atoms with Gasteiger partial charge in [-0.2, -0.15) is 0 Å². The molecule has 3 nitrogen and oxygen atoms in total. The van der Waals surface area contributed by atoms with Crippen LogP contribution in [0.3, 0.4) is 0 Å². The fourth-order valence-corrected chi connectivity index (χ4v) is 3.47. The molecule has 2 unspecified atom stereocenters. The second-order valence-electron chi connectivity index (χ2n) is 5.21. The molecule has 1 aromatic heterocycles. The smallest absolute Gasteiger partial charge is 0.111 e. The highest BCUT2D eigenvalue weighted by molar-refractivity contribution is 7.18. The Morgan fingerprint density at radius 3 is 3.16 bits per heavy atom. The maximum absolute atomic E-state index is 5.40. The minimum Gasteiger partial charge on any atom is -0.381 e. The van der Waals surface area contributed by atoms with E-state index in [9.17, 15) is 0 Å². The predicted octanol–water partition coefficient (Wildman–Crippen LogP) is 3.37. The second-order valence-corrected chi connectivity index (χ2v) is 6.28. The van der Waals surface area contributed by atoms with Crippen LogP contribution in [0, 0.1) is 5.92 Å². The third kappa shape index (κ3) is 3.14. The summed E-state index contributed by atoms with van der Waals surface area (Å²) >= 11 is 1.79. The Morgan fingerprint density at radius 1 is 1.47 bits per heavy atom. The third-order valence-electron chi connectivity index (χ3n) is 3.71. The Morgan fingerprint density at radius 2 is 2.37 bits per heavy atom. The van der Waals surface area contributed by atoms with Crippen LogP contribution >= 0.6 is 11.3 Å². The van der Waals surface area contributed by atoms with Crippen LogP contribution in [0.25, 0.3) is 10.2 Å². The quantitative estimate of drug-likeness (QED) is 0.909. The molecule has 3 rings (SSSR count). The van der Waals surface area contributed by atoms with E-state index in [0.29, 0.717) is 6.04 Å². The maximum Gasteiger partial charge on any atom is 0.111 e. The molecule has 0 radical (unpaired) electrons. The van der Waals surface area contributed by atoms with E-state index >= 15 is 0 Å². The van der Waals surface area contributed by atoms with Crippen molar-refractivity contribution in [1.82, 2.24) is 10.3 Å². The van der Waals surface area contributed by atoms with E-state index in [0.717, 1.165) is 31.2 Å². The molecule has 0 bridgehead atoms. The molecule has 2 heterocycles. The molecule has 2 aromatic rings. The summed E-state index contributed by atoms with van der Waals surface area (Å²) in [7, 11) is 0. The van der Waals surface area contributed by atoms with Gasteiger partial charge in [-0.1, -0.05) is 12.1 Å². The lowest BCUT2D eigenvalue weighted by Crippen LogP contribution is -2.21. The van der Waals surface area contributed by atoms with Crippen LogP contribution in [0.1, 0.15) is 30.8 Å². The van der Waals surface area contributed by atoms with Crippen molar-refractivity contribution >= 4 is 21.6 Å². The second kappa shape index (κ2) is 5.99. The number of aromatic nitrogens is 1. The topological polar surface area (TPSA) is 34.1 Å². The fraction of sp³-hybridized carbons (Fsp3) is 0.533. The zero-order valence-corrected chi connectivity index (χ0v) is 12.1. The van der Waals surface area contributed by atoms with Gasteiger partial charge in [-0.05, 0) is 44.4 Å². The summed E-state index contributed by atoms with van der Waals surface area (Å²) in [6.07, 6.45) is 2.42. The minimum atomic E-state index is 0.333.